The van der Waals surface area contributed by atoms with Gasteiger partial charge in [0.1, 0.15) is 17.3 Å². The Morgan fingerprint density at radius 1 is 1.04 bits per heavy atom. The fraction of sp³-hybridized carbons (Fsp3) is 0.100. The highest BCUT2D eigenvalue weighted by atomic mass is 32.2. The number of ether oxygens (including phenoxy) is 2. The molecule has 1 N–H and O–H groups in total. The molecule has 0 aliphatic heterocycles. The molecule has 2 aromatic carbocycles. The average Bonchev–Trinajstić information content (AvgIpc) is 2.72. The van der Waals surface area contributed by atoms with Gasteiger partial charge < -0.3 is 9.47 Å². The number of carbonyl (C=O) groups excluding carboxylic acids is 1. The molecular formula is C20H18N2O5S. The van der Waals surface area contributed by atoms with Crippen molar-refractivity contribution in [1.82, 2.24) is 4.98 Å². The van der Waals surface area contributed by atoms with Crippen molar-refractivity contribution in [2.24, 2.45) is 0 Å². The van der Waals surface area contributed by atoms with Crippen LogP contribution in [0.5, 0.6) is 5.75 Å². The van der Waals surface area contributed by atoms with E-state index in [4.69, 9.17) is 4.74 Å². The molecular weight excluding hydrogens is 380 g/mol. The van der Waals surface area contributed by atoms with E-state index in [0.717, 1.165) is 5.69 Å². The number of rotatable bonds is 7. The number of benzene rings is 2. The lowest BCUT2D eigenvalue weighted by Gasteiger charge is -2.12. The van der Waals surface area contributed by atoms with Gasteiger partial charge in [-0.3, -0.25) is 9.71 Å². The topological polar surface area (TPSA) is 94.6 Å². The van der Waals surface area contributed by atoms with Gasteiger partial charge in [-0.15, -0.1) is 0 Å². The Kier molecular flexibility index (Phi) is 5.90. The van der Waals surface area contributed by atoms with Crippen LogP contribution in [-0.4, -0.2) is 26.5 Å². The third-order valence-corrected chi connectivity index (χ3v) is 5.22. The smallest absolute Gasteiger partial charge is 0.339 e. The third kappa shape index (κ3) is 4.66. The standard InChI is InChI=1S/C20H18N2O5S/c1-26-20(23)18-10-2-3-11-19(18)28(24,25)22-15-8-6-9-17(13-15)27-14-16-7-4-5-12-21-16/h2-13,22H,14H2,1H3. The second kappa shape index (κ2) is 8.53. The van der Waals surface area contributed by atoms with Gasteiger partial charge in [0.15, 0.2) is 0 Å². The third-order valence-electron chi connectivity index (χ3n) is 3.78. The number of nitrogens with one attached hydrogen (secondary N) is 1. The minimum atomic E-state index is -4.00. The van der Waals surface area contributed by atoms with E-state index >= 15 is 0 Å². The second-order valence-electron chi connectivity index (χ2n) is 5.73. The number of hydrogen-bond acceptors (Lipinski definition) is 6. The van der Waals surface area contributed by atoms with Crippen LogP contribution >= 0.6 is 0 Å². The highest BCUT2D eigenvalue weighted by Gasteiger charge is 2.22. The number of anilines is 1. The van der Waals surface area contributed by atoms with E-state index in [1.54, 1.807) is 36.5 Å². The lowest BCUT2D eigenvalue weighted by Crippen LogP contribution is -2.17. The Bertz CT molecular complexity index is 1070. The summed E-state index contributed by atoms with van der Waals surface area (Å²) in [5.74, 6) is -0.250. The maximum Gasteiger partial charge on any atom is 0.339 e. The summed E-state index contributed by atoms with van der Waals surface area (Å²) in [6.07, 6.45) is 1.67. The fourth-order valence-corrected chi connectivity index (χ4v) is 3.73. The Hall–Kier alpha value is -3.39. The molecule has 28 heavy (non-hydrogen) atoms. The van der Waals surface area contributed by atoms with Gasteiger partial charge in [-0.1, -0.05) is 24.3 Å². The normalized spacial score (nSPS) is 10.9. The highest BCUT2D eigenvalue weighted by Crippen LogP contribution is 2.23. The molecule has 0 unspecified atom stereocenters. The van der Waals surface area contributed by atoms with Crippen molar-refractivity contribution in [3.63, 3.8) is 0 Å². The first kappa shape index (κ1) is 19.4. The van der Waals surface area contributed by atoms with E-state index in [2.05, 4.69) is 14.4 Å². The van der Waals surface area contributed by atoms with Crippen LogP contribution in [0.25, 0.3) is 0 Å². The monoisotopic (exact) mass is 398 g/mol. The zero-order chi connectivity index (χ0) is 20.0. The van der Waals surface area contributed by atoms with E-state index in [-0.39, 0.29) is 17.1 Å². The van der Waals surface area contributed by atoms with Crippen LogP contribution in [0.1, 0.15) is 16.1 Å². The summed E-state index contributed by atoms with van der Waals surface area (Å²) in [5, 5.41) is 0. The number of nitrogens with zero attached hydrogens (tertiary/aromatic N) is 1. The van der Waals surface area contributed by atoms with Crippen molar-refractivity contribution in [1.29, 1.82) is 0 Å². The molecule has 7 nitrogen and oxygen atoms in total. The SMILES string of the molecule is COC(=O)c1ccccc1S(=O)(=O)Nc1cccc(OCc2ccccn2)c1. The molecule has 0 atom stereocenters. The molecule has 1 aromatic heterocycles. The average molecular weight is 398 g/mol. The van der Waals surface area contributed by atoms with E-state index < -0.39 is 16.0 Å². The van der Waals surface area contributed by atoms with Crippen molar-refractivity contribution >= 4 is 21.7 Å². The van der Waals surface area contributed by atoms with Crippen LogP contribution in [0.15, 0.2) is 77.8 Å². The van der Waals surface area contributed by atoms with Gasteiger partial charge in [-0.25, -0.2) is 13.2 Å². The van der Waals surface area contributed by atoms with Gasteiger partial charge >= 0.3 is 5.97 Å². The quantitative estimate of drug-likeness (QED) is 0.614. The van der Waals surface area contributed by atoms with Gasteiger partial charge in [0.05, 0.1) is 24.1 Å². The van der Waals surface area contributed by atoms with Gasteiger partial charge in [0.25, 0.3) is 10.0 Å². The van der Waals surface area contributed by atoms with Crippen LogP contribution < -0.4 is 9.46 Å². The Morgan fingerprint density at radius 3 is 2.57 bits per heavy atom. The number of hydrogen-bond donors (Lipinski definition) is 1. The molecule has 0 amide bonds. The molecule has 0 radical (unpaired) electrons. The van der Waals surface area contributed by atoms with Crippen LogP contribution in [-0.2, 0) is 21.4 Å². The highest BCUT2D eigenvalue weighted by molar-refractivity contribution is 7.92. The Labute approximate surface area is 163 Å². The number of pyridine rings is 1. The number of sulfonamides is 1. The van der Waals surface area contributed by atoms with E-state index in [1.807, 2.05) is 18.2 Å². The molecule has 3 aromatic rings. The number of esters is 1. The molecule has 144 valence electrons. The first-order chi connectivity index (χ1) is 13.5. The number of carbonyl (C=O) groups is 1. The van der Waals surface area contributed by atoms with Crippen LogP contribution in [0, 0.1) is 0 Å². The summed E-state index contributed by atoms with van der Waals surface area (Å²) in [6, 6.07) is 17.9. The lowest BCUT2D eigenvalue weighted by molar-refractivity contribution is 0.0596. The van der Waals surface area contributed by atoms with E-state index in [9.17, 15) is 13.2 Å². The van der Waals surface area contributed by atoms with Crippen molar-refractivity contribution in [2.75, 3.05) is 11.8 Å². The van der Waals surface area contributed by atoms with Crippen LogP contribution in [0.3, 0.4) is 0 Å². The molecule has 0 aliphatic rings. The van der Waals surface area contributed by atoms with Crippen molar-refractivity contribution in [3.8, 4) is 5.75 Å². The molecule has 0 bridgehead atoms. The molecule has 8 heteroatoms. The minimum absolute atomic E-state index is 0.0416. The fourth-order valence-electron chi connectivity index (χ4n) is 2.48. The number of aromatic nitrogens is 1. The molecule has 0 fully saturated rings. The van der Waals surface area contributed by atoms with E-state index in [1.165, 1.54) is 25.3 Å². The Balaban J connectivity index is 1.79. The van der Waals surface area contributed by atoms with Gasteiger partial charge in [-0.05, 0) is 36.4 Å². The molecule has 0 saturated carbocycles. The summed E-state index contributed by atoms with van der Waals surface area (Å²) in [4.78, 5) is 15.9. The first-order valence-corrected chi connectivity index (χ1v) is 9.81. The molecule has 1 heterocycles. The molecule has 0 spiro atoms. The van der Waals surface area contributed by atoms with Crippen molar-refractivity contribution in [3.05, 3.63) is 84.2 Å². The zero-order valence-electron chi connectivity index (χ0n) is 15.0. The van der Waals surface area contributed by atoms with Crippen molar-refractivity contribution < 1.29 is 22.7 Å². The maximum absolute atomic E-state index is 12.8. The largest absolute Gasteiger partial charge is 0.487 e. The van der Waals surface area contributed by atoms with Crippen molar-refractivity contribution in [2.45, 2.75) is 11.5 Å². The molecule has 3 rings (SSSR count). The predicted molar refractivity (Wildman–Crippen MR) is 104 cm³/mol. The molecule has 0 saturated heterocycles. The second-order valence-corrected chi connectivity index (χ2v) is 7.38. The van der Waals surface area contributed by atoms with Gasteiger partial charge in [0, 0.05) is 12.3 Å². The minimum Gasteiger partial charge on any atom is -0.487 e. The summed E-state index contributed by atoms with van der Waals surface area (Å²) in [5.41, 5.74) is 1.01. The summed E-state index contributed by atoms with van der Waals surface area (Å²) in [7, 11) is -2.81. The van der Waals surface area contributed by atoms with Gasteiger partial charge in [-0.2, -0.15) is 0 Å². The summed E-state index contributed by atoms with van der Waals surface area (Å²) >= 11 is 0. The lowest BCUT2D eigenvalue weighted by atomic mass is 10.2. The Morgan fingerprint density at radius 2 is 1.82 bits per heavy atom. The number of methoxy groups -OCH3 is 1. The van der Waals surface area contributed by atoms with Crippen LogP contribution in [0.4, 0.5) is 5.69 Å². The zero-order valence-corrected chi connectivity index (χ0v) is 15.8. The van der Waals surface area contributed by atoms with E-state index in [0.29, 0.717) is 11.4 Å². The first-order valence-electron chi connectivity index (χ1n) is 8.32. The predicted octanol–water partition coefficient (Wildman–Crippen LogP) is 3.25. The maximum atomic E-state index is 12.8. The summed E-state index contributed by atoms with van der Waals surface area (Å²) in [6.45, 7) is 0.252. The summed E-state index contributed by atoms with van der Waals surface area (Å²) < 4.78 is 38.3. The van der Waals surface area contributed by atoms with Gasteiger partial charge in [0.2, 0.25) is 0 Å². The molecule has 0 aliphatic carbocycles. The van der Waals surface area contributed by atoms with Crippen LogP contribution in [0.2, 0.25) is 0 Å².